The van der Waals surface area contributed by atoms with Gasteiger partial charge in [-0.15, -0.1) is 0 Å². The maximum absolute atomic E-state index is 11.6. The summed E-state index contributed by atoms with van der Waals surface area (Å²) in [7, 11) is 1.66. The molecule has 3 heterocycles. The lowest BCUT2D eigenvalue weighted by atomic mass is 9.94. The largest absolute Gasteiger partial charge is 0.491 e. The van der Waals surface area contributed by atoms with E-state index in [1.807, 2.05) is 31.2 Å². The molecular weight excluding hydrogens is 442 g/mol. The van der Waals surface area contributed by atoms with Crippen LogP contribution in [0.15, 0.2) is 36.4 Å². The zero-order valence-electron chi connectivity index (χ0n) is 21.0. The quantitative estimate of drug-likeness (QED) is 0.466. The summed E-state index contributed by atoms with van der Waals surface area (Å²) in [5.74, 6) is 1.62. The monoisotopic (exact) mass is 481 g/mol. The summed E-state index contributed by atoms with van der Waals surface area (Å²) in [4.78, 5) is 18.9. The molecule has 0 aliphatic carbocycles. The highest BCUT2D eigenvalue weighted by Gasteiger charge is 2.27. The van der Waals surface area contributed by atoms with E-state index in [-0.39, 0.29) is 18.4 Å². The van der Waals surface area contributed by atoms with E-state index >= 15 is 0 Å². The number of aliphatic carboxylic acids is 1. The summed E-state index contributed by atoms with van der Waals surface area (Å²) >= 11 is 0. The molecule has 0 amide bonds. The normalized spacial score (nSPS) is 19.5. The van der Waals surface area contributed by atoms with Crippen molar-refractivity contribution in [2.75, 3.05) is 45.2 Å². The van der Waals surface area contributed by atoms with Crippen LogP contribution in [0, 0.1) is 5.92 Å². The highest BCUT2D eigenvalue weighted by atomic mass is 16.5. The van der Waals surface area contributed by atoms with E-state index in [0.29, 0.717) is 12.5 Å². The molecular formula is C28H39N3O4. The number of hydrogen-bond donors (Lipinski definition) is 2. The fourth-order valence-electron chi connectivity index (χ4n) is 5.12. The Balaban J connectivity index is 1.31. The van der Waals surface area contributed by atoms with Gasteiger partial charge in [-0.05, 0) is 80.8 Å². The average molecular weight is 482 g/mol. The molecule has 2 aliphatic rings. The number of hydrogen-bond acceptors (Lipinski definition) is 6. The van der Waals surface area contributed by atoms with Gasteiger partial charge < -0.3 is 24.8 Å². The molecule has 1 fully saturated rings. The van der Waals surface area contributed by atoms with E-state index in [4.69, 9.17) is 14.5 Å². The second-order valence-corrected chi connectivity index (χ2v) is 10.0. The van der Waals surface area contributed by atoms with E-state index < -0.39 is 5.97 Å². The Bertz CT molecular complexity index is 982. The Labute approximate surface area is 208 Å². The first-order valence-electron chi connectivity index (χ1n) is 12.9. The molecule has 7 heteroatoms. The maximum atomic E-state index is 11.6. The van der Waals surface area contributed by atoms with Gasteiger partial charge in [0, 0.05) is 38.4 Å². The molecule has 4 rings (SSSR count). The minimum atomic E-state index is -0.767. The number of carboxylic acid groups (broad SMARTS) is 1. The summed E-state index contributed by atoms with van der Waals surface area (Å²) in [6.45, 7) is 6.22. The lowest BCUT2D eigenvalue weighted by Gasteiger charge is -2.24. The van der Waals surface area contributed by atoms with E-state index in [2.05, 4.69) is 22.3 Å². The fraction of sp³-hybridized carbons (Fsp3) is 0.571. The third-order valence-corrected chi connectivity index (χ3v) is 7.25. The highest BCUT2D eigenvalue weighted by molar-refractivity contribution is 5.68. The van der Waals surface area contributed by atoms with Gasteiger partial charge in [-0.25, -0.2) is 4.98 Å². The number of rotatable bonds is 12. The van der Waals surface area contributed by atoms with Gasteiger partial charge >= 0.3 is 5.97 Å². The number of fused-ring (bicyclic) bond motifs is 1. The Morgan fingerprint density at radius 2 is 2.20 bits per heavy atom. The number of carboxylic acids is 1. The highest BCUT2D eigenvalue weighted by Crippen LogP contribution is 2.29. The lowest BCUT2D eigenvalue weighted by Crippen LogP contribution is -2.28. The van der Waals surface area contributed by atoms with Crippen molar-refractivity contribution in [2.45, 2.75) is 57.5 Å². The molecule has 3 atom stereocenters. The molecule has 0 saturated carbocycles. The standard InChI is InChI=1S/C28H39N3O4/c1-20(34-2)19-35-26-7-3-5-23(15-26)24(16-27(32)33)18-31-14-12-21(17-31)8-10-25-11-9-22-6-4-13-29-28(22)30-25/h3,5,7,9,11,15,20-21,24H,4,6,8,10,12-14,16-19H2,1-2H3,(H,29,30)(H,32,33)/t20?,21-,24?/m1/s1. The van der Waals surface area contributed by atoms with Crippen molar-refractivity contribution in [1.29, 1.82) is 0 Å². The van der Waals surface area contributed by atoms with Crippen LogP contribution in [0.5, 0.6) is 5.75 Å². The van der Waals surface area contributed by atoms with Crippen LogP contribution in [-0.4, -0.2) is 67.0 Å². The summed E-state index contributed by atoms with van der Waals surface area (Å²) in [5.41, 5.74) is 3.52. The third-order valence-electron chi connectivity index (χ3n) is 7.25. The molecule has 190 valence electrons. The summed E-state index contributed by atoms with van der Waals surface area (Å²) < 4.78 is 11.1. The van der Waals surface area contributed by atoms with Crippen LogP contribution < -0.4 is 10.1 Å². The van der Waals surface area contributed by atoms with Crippen molar-refractivity contribution in [3.05, 3.63) is 53.2 Å². The first-order chi connectivity index (χ1) is 17.0. The first kappa shape index (κ1) is 25.5. The number of aryl methyl sites for hydroxylation is 2. The van der Waals surface area contributed by atoms with Crippen molar-refractivity contribution >= 4 is 11.8 Å². The summed E-state index contributed by atoms with van der Waals surface area (Å²) in [6.07, 6.45) is 5.68. The molecule has 7 nitrogen and oxygen atoms in total. The van der Waals surface area contributed by atoms with Crippen LogP contribution in [0.4, 0.5) is 5.82 Å². The van der Waals surface area contributed by atoms with E-state index in [9.17, 15) is 9.90 Å². The molecule has 0 spiro atoms. The second-order valence-electron chi connectivity index (χ2n) is 10.0. The van der Waals surface area contributed by atoms with Crippen molar-refractivity contribution in [1.82, 2.24) is 9.88 Å². The topological polar surface area (TPSA) is 83.9 Å². The SMILES string of the molecule is COC(C)COc1cccc(C(CC(=O)O)CN2CC[C@@H](CCc3ccc4c(n3)NCCC4)C2)c1. The first-order valence-corrected chi connectivity index (χ1v) is 12.9. The summed E-state index contributed by atoms with van der Waals surface area (Å²) in [5, 5.41) is 13.0. The third kappa shape index (κ3) is 7.42. The van der Waals surface area contributed by atoms with E-state index in [0.717, 1.165) is 69.0 Å². The summed E-state index contributed by atoms with van der Waals surface area (Å²) in [6, 6.07) is 12.3. The van der Waals surface area contributed by atoms with Crippen molar-refractivity contribution in [2.24, 2.45) is 5.92 Å². The molecule has 2 unspecified atom stereocenters. The van der Waals surface area contributed by atoms with E-state index in [1.54, 1.807) is 7.11 Å². The minimum absolute atomic E-state index is 0.00257. The molecule has 2 aromatic rings. The van der Waals surface area contributed by atoms with Gasteiger partial charge in [0.15, 0.2) is 0 Å². The van der Waals surface area contributed by atoms with Gasteiger partial charge in [0.25, 0.3) is 0 Å². The van der Waals surface area contributed by atoms with Crippen molar-refractivity contribution in [3.63, 3.8) is 0 Å². The number of nitrogens with zero attached hydrogens (tertiary/aromatic N) is 2. The molecule has 2 aliphatic heterocycles. The minimum Gasteiger partial charge on any atom is -0.491 e. The molecule has 2 N–H and O–H groups in total. The van der Waals surface area contributed by atoms with Crippen molar-refractivity contribution < 1.29 is 19.4 Å². The number of pyridine rings is 1. The molecule has 1 aromatic heterocycles. The van der Waals surface area contributed by atoms with Crippen LogP contribution in [-0.2, 0) is 22.4 Å². The van der Waals surface area contributed by atoms with Gasteiger partial charge in [0.05, 0.1) is 12.5 Å². The molecule has 0 bridgehead atoms. The van der Waals surface area contributed by atoms with Crippen LogP contribution >= 0.6 is 0 Å². The van der Waals surface area contributed by atoms with Gasteiger partial charge in [0.2, 0.25) is 0 Å². The van der Waals surface area contributed by atoms with Gasteiger partial charge in [-0.3, -0.25) is 4.79 Å². The Kier molecular flexibility index (Phi) is 8.99. The van der Waals surface area contributed by atoms with Crippen LogP contribution in [0.1, 0.15) is 55.3 Å². The predicted octanol–water partition coefficient (Wildman–Crippen LogP) is 4.37. The average Bonchev–Trinajstić information content (AvgIpc) is 3.32. The molecule has 1 saturated heterocycles. The number of benzene rings is 1. The van der Waals surface area contributed by atoms with Gasteiger partial charge in [-0.2, -0.15) is 0 Å². The van der Waals surface area contributed by atoms with Gasteiger partial charge in [0.1, 0.15) is 18.2 Å². The fourth-order valence-corrected chi connectivity index (χ4v) is 5.12. The number of ether oxygens (including phenoxy) is 2. The second kappa shape index (κ2) is 12.4. The van der Waals surface area contributed by atoms with Crippen LogP contribution in [0.3, 0.4) is 0 Å². The van der Waals surface area contributed by atoms with Gasteiger partial charge in [-0.1, -0.05) is 18.2 Å². The predicted molar refractivity (Wildman–Crippen MR) is 137 cm³/mol. The Morgan fingerprint density at radius 3 is 3.03 bits per heavy atom. The maximum Gasteiger partial charge on any atom is 0.304 e. The number of aromatic nitrogens is 1. The van der Waals surface area contributed by atoms with Crippen LogP contribution in [0.2, 0.25) is 0 Å². The number of anilines is 1. The number of likely N-dealkylation sites (tertiary alicyclic amines) is 1. The lowest BCUT2D eigenvalue weighted by molar-refractivity contribution is -0.137. The number of nitrogens with one attached hydrogen (secondary N) is 1. The van der Waals surface area contributed by atoms with Crippen LogP contribution in [0.25, 0.3) is 0 Å². The number of carbonyl (C=O) groups is 1. The number of methoxy groups -OCH3 is 1. The zero-order valence-corrected chi connectivity index (χ0v) is 21.0. The molecule has 35 heavy (non-hydrogen) atoms. The zero-order chi connectivity index (χ0) is 24.6. The smallest absolute Gasteiger partial charge is 0.304 e. The Morgan fingerprint density at radius 1 is 1.31 bits per heavy atom. The molecule has 1 aromatic carbocycles. The molecule has 0 radical (unpaired) electrons. The Hall–Kier alpha value is -2.64. The van der Waals surface area contributed by atoms with Crippen molar-refractivity contribution in [3.8, 4) is 5.75 Å². The van der Waals surface area contributed by atoms with E-state index in [1.165, 1.54) is 17.7 Å².